The highest BCUT2D eigenvalue weighted by molar-refractivity contribution is 7.12. The molecular weight excluding hydrogens is 390 g/mol. The zero-order valence-corrected chi connectivity index (χ0v) is 17.4. The molecule has 29 heavy (non-hydrogen) atoms. The number of nitrogens with one attached hydrogen (secondary N) is 1. The number of likely N-dealkylation sites (tertiary alicyclic amines) is 1. The van der Waals surface area contributed by atoms with Crippen molar-refractivity contribution in [1.82, 2.24) is 10.2 Å². The molecule has 1 saturated heterocycles. The lowest BCUT2D eigenvalue weighted by molar-refractivity contribution is -0.152. The molecule has 2 aromatic rings. The maximum Gasteiger partial charge on any atom is 0.329 e. The summed E-state index contributed by atoms with van der Waals surface area (Å²) in [6.45, 7) is 0.522. The van der Waals surface area contributed by atoms with Crippen LogP contribution < -0.4 is 10.2 Å². The molecular formula is C21H25N3O4S. The Morgan fingerprint density at radius 3 is 2.62 bits per heavy atom. The third-order valence-corrected chi connectivity index (χ3v) is 5.66. The van der Waals surface area contributed by atoms with Gasteiger partial charge in [0.25, 0.3) is 11.8 Å². The summed E-state index contributed by atoms with van der Waals surface area (Å²) >= 11 is 1.35. The minimum absolute atomic E-state index is 0.162. The molecule has 0 aliphatic carbocycles. The van der Waals surface area contributed by atoms with Crippen molar-refractivity contribution in [1.29, 1.82) is 0 Å². The first-order valence-corrected chi connectivity index (χ1v) is 10.4. The molecule has 1 aliphatic heterocycles. The number of benzene rings is 1. The van der Waals surface area contributed by atoms with E-state index in [1.54, 1.807) is 17.0 Å². The number of nitrogens with zero attached hydrogens (tertiary/aromatic N) is 2. The summed E-state index contributed by atoms with van der Waals surface area (Å²) in [5.74, 6) is -1.06. The van der Waals surface area contributed by atoms with Crippen molar-refractivity contribution in [3.8, 4) is 0 Å². The second kappa shape index (κ2) is 9.56. The summed E-state index contributed by atoms with van der Waals surface area (Å²) in [5.41, 5.74) is 2.03. The van der Waals surface area contributed by atoms with Crippen molar-refractivity contribution in [3.63, 3.8) is 0 Å². The zero-order chi connectivity index (χ0) is 20.8. The van der Waals surface area contributed by atoms with Gasteiger partial charge >= 0.3 is 5.97 Å². The fourth-order valence-electron chi connectivity index (χ4n) is 3.19. The summed E-state index contributed by atoms with van der Waals surface area (Å²) in [5, 5.41) is 4.57. The molecule has 3 rings (SSSR count). The average molecular weight is 416 g/mol. The van der Waals surface area contributed by atoms with Crippen LogP contribution in [0.3, 0.4) is 0 Å². The Bertz CT molecular complexity index is 849. The third-order valence-electron chi connectivity index (χ3n) is 4.81. The van der Waals surface area contributed by atoms with Crippen LogP contribution in [0.15, 0.2) is 41.8 Å². The monoisotopic (exact) mass is 415 g/mol. The smallest absolute Gasteiger partial charge is 0.329 e. The minimum atomic E-state index is -0.629. The summed E-state index contributed by atoms with van der Waals surface area (Å²) in [6.07, 6.45) is 1.29. The molecule has 2 heterocycles. The molecule has 154 valence electrons. The fourth-order valence-corrected chi connectivity index (χ4v) is 3.87. The molecule has 0 radical (unpaired) electrons. The molecule has 0 saturated carbocycles. The second-order valence-corrected chi connectivity index (χ2v) is 8.03. The lowest BCUT2D eigenvalue weighted by Gasteiger charge is -2.22. The molecule has 1 atom stereocenters. The maximum absolute atomic E-state index is 12.5. The lowest BCUT2D eigenvalue weighted by Crippen LogP contribution is -2.42. The highest BCUT2D eigenvalue weighted by Gasteiger charge is 2.36. The number of carbonyl (C=O) groups excluding carboxylic acids is 3. The Labute approximate surface area is 174 Å². The van der Waals surface area contributed by atoms with Crippen molar-refractivity contribution < 1.29 is 19.1 Å². The summed E-state index contributed by atoms with van der Waals surface area (Å²) in [7, 11) is 3.93. The lowest BCUT2D eigenvalue weighted by atomic mass is 10.2. The standard InChI is InChI=1S/C21H25N3O4S/c1-23(2)16-9-7-15(8-10-16)13-22-19(25)14-28-21(27)17-5-3-11-24(17)20(26)18-6-4-12-29-18/h4,6-10,12,17H,3,5,11,13-14H2,1-2H3,(H,22,25)/t17-/m0/s1. The maximum atomic E-state index is 12.5. The zero-order valence-electron chi connectivity index (χ0n) is 16.6. The van der Waals surface area contributed by atoms with Gasteiger partial charge in [0, 0.05) is 32.9 Å². The van der Waals surface area contributed by atoms with E-state index in [-0.39, 0.29) is 18.4 Å². The molecule has 2 amide bonds. The Balaban J connectivity index is 1.45. The number of hydrogen-bond donors (Lipinski definition) is 1. The number of esters is 1. The largest absolute Gasteiger partial charge is 0.454 e. The van der Waals surface area contributed by atoms with Crippen LogP contribution in [0.1, 0.15) is 28.1 Å². The van der Waals surface area contributed by atoms with Crippen LogP contribution in [0, 0.1) is 0 Å². The summed E-state index contributed by atoms with van der Waals surface area (Å²) in [4.78, 5) is 41.1. The van der Waals surface area contributed by atoms with Crippen LogP contribution >= 0.6 is 11.3 Å². The van der Waals surface area contributed by atoms with E-state index in [1.807, 2.05) is 48.6 Å². The van der Waals surface area contributed by atoms with Gasteiger partial charge in [-0.2, -0.15) is 0 Å². The Morgan fingerprint density at radius 1 is 1.21 bits per heavy atom. The van der Waals surface area contributed by atoms with Crippen LogP contribution in [0.5, 0.6) is 0 Å². The molecule has 0 unspecified atom stereocenters. The Morgan fingerprint density at radius 2 is 1.97 bits per heavy atom. The Hall–Kier alpha value is -2.87. The molecule has 1 aromatic carbocycles. The topological polar surface area (TPSA) is 79.0 Å². The Kier molecular flexibility index (Phi) is 6.87. The van der Waals surface area contributed by atoms with Crippen LogP contribution in [-0.4, -0.2) is 56.0 Å². The first-order chi connectivity index (χ1) is 14.0. The van der Waals surface area contributed by atoms with E-state index in [9.17, 15) is 14.4 Å². The number of amides is 2. The van der Waals surface area contributed by atoms with Crippen molar-refractivity contribution in [2.45, 2.75) is 25.4 Å². The van der Waals surface area contributed by atoms with E-state index >= 15 is 0 Å². The SMILES string of the molecule is CN(C)c1ccc(CNC(=O)COC(=O)[C@@H]2CCCN2C(=O)c2cccs2)cc1. The van der Waals surface area contributed by atoms with Gasteiger partial charge in [0.05, 0.1) is 4.88 Å². The van der Waals surface area contributed by atoms with Crippen LogP contribution in [0.25, 0.3) is 0 Å². The van der Waals surface area contributed by atoms with Crippen molar-refractivity contribution in [2.24, 2.45) is 0 Å². The predicted molar refractivity (Wildman–Crippen MR) is 112 cm³/mol. The van der Waals surface area contributed by atoms with Gasteiger partial charge in [-0.1, -0.05) is 18.2 Å². The predicted octanol–water partition coefficient (Wildman–Crippen LogP) is 2.28. The van der Waals surface area contributed by atoms with Gasteiger partial charge < -0.3 is 19.9 Å². The molecule has 7 nitrogen and oxygen atoms in total. The third kappa shape index (κ3) is 5.35. The van der Waals surface area contributed by atoms with Gasteiger partial charge in [-0.15, -0.1) is 11.3 Å². The van der Waals surface area contributed by atoms with Gasteiger partial charge in [-0.25, -0.2) is 4.79 Å². The van der Waals surface area contributed by atoms with E-state index < -0.39 is 12.0 Å². The average Bonchev–Trinajstić information content (AvgIpc) is 3.42. The minimum Gasteiger partial charge on any atom is -0.454 e. The van der Waals surface area contributed by atoms with Crippen LogP contribution in [0.2, 0.25) is 0 Å². The van der Waals surface area contributed by atoms with Crippen LogP contribution in [0.4, 0.5) is 5.69 Å². The molecule has 1 aliphatic rings. The van der Waals surface area contributed by atoms with Gasteiger partial charge in [-0.05, 0) is 42.0 Å². The van der Waals surface area contributed by atoms with Crippen molar-refractivity contribution in [2.75, 3.05) is 32.1 Å². The van der Waals surface area contributed by atoms with Gasteiger partial charge in [0.1, 0.15) is 6.04 Å². The summed E-state index contributed by atoms with van der Waals surface area (Å²) in [6, 6.07) is 10.7. The summed E-state index contributed by atoms with van der Waals surface area (Å²) < 4.78 is 5.18. The van der Waals surface area contributed by atoms with Gasteiger partial charge in [0.15, 0.2) is 6.61 Å². The van der Waals surface area contributed by atoms with E-state index in [2.05, 4.69) is 5.32 Å². The first-order valence-electron chi connectivity index (χ1n) is 9.50. The molecule has 1 aromatic heterocycles. The number of ether oxygens (including phenoxy) is 1. The molecule has 0 spiro atoms. The molecule has 1 fully saturated rings. The number of thiophene rings is 1. The van der Waals surface area contributed by atoms with E-state index in [1.165, 1.54) is 11.3 Å². The van der Waals surface area contributed by atoms with E-state index in [0.717, 1.165) is 17.7 Å². The van der Waals surface area contributed by atoms with Gasteiger partial charge in [-0.3, -0.25) is 9.59 Å². The normalized spacial score (nSPS) is 15.8. The number of rotatable bonds is 7. The van der Waals surface area contributed by atoms with Gasteiger partial charge in [0.2, 0.25) is 0 Å². The number of hydrogen-bond acceptors (Lipinski definition) is 6. The molecule has 1 N–H and O–H groups in total. The molecule has 8 heteroatoms. The second-order valence-electron chi connectivity index (χ2n) is 7.08. The molecule has 0 bridgehead atoms. The quantitative estimate of drug-likeness (QED) is 0.702. The number of carbonyl (C=O) groups is 3. The van der Waals surface area contributed by atoms with E-state index in [4.69, 9.17) is 4.74 Å². The van der Waals surface area contributed by atoms with Crippen molar-refractivity contribution in [3.05, 3.63) is 52.2 Å². The van der Waals surface area contributed by atoms with E-state index in [0.29, 0.717) is 24.4 Å². The van der Waals surface area contributed by atoms with Crippen molar-refractivity contribution >= 4 is 34.8 Å². The number of anilines is 1. The highest BCUT2D eigenvalue weighted by atomic mass is 32.1. The highest BCUT2D eigenvalue weighted by Crippen LogP contribution is 2.23. The first kappa shape index (κ1) is 20.9. The van der Waals surface area contributed by atoms with Crippen LogP contribution in [-0.2, 0) is 20.9 Å². The fraction of sp³-hybridized carbons (Fsp3) is 0.381.